The number of halogens is 3. The second-order valence-electron chi connectivity index (χ2n) is 16.9. The van der Waals surface area contributed by atoms with Crippen LogP contribution < -0.4 is 18.9 Å². The molecule has 2 aliphatic rings. The monoisotopic (exact) mass is 994 g/mol. The molecule has 0 aliphatic carbocycles. The van der Waals surface area contributed by atoms with Gasteiger partial charge >= 0.3 is 5.97 Å². The Kier molecular flexibility index (Phi) is 14.7. The lowest BCUT2D eigenvalue weighted by molar-refractivity contribution is -0.163. The van der Waals surface area contributed by atoms with E-state index in [-0.39, 0.29) is 46.4 Å². The number of rotatable bonds is 11. The Hall–Kier alpha value is -3.48. The fourth-order valence-electron chi connectivity index (χ4n) is 6.38. The zero-order valence-corrected chi connectivity index (χ0v) is 41.2. The van der Waals surface area contributed by atoms with E-state index < -0.39 is 48.6 Å². The Bertz CT molecular complexity index is 2500. The van der Waals surface area contributed by atoms with Crippen molar-refractivity contribution in [1.29, 1.82) is 0 Å². The maximum atomic E-state index is 14.1. The first-order valence-electron chi connectivity index (χ1n) is 19.5. The van der Waals surface area contributed by atoms with Crippen molar-refractivity contribution >= 4 is 84.8 Å². The summed E-state index contributed by atoms with van der Waals surface area (Å²) >= 11 is 19.4. The molecule has 18 heteroatoms. The predicted octanol–water partition coefficient (Wildman–Crippen LogP) is 10.9. The molecule has 0 radical (unpaired) electrons. The zero-order valence-electron chi connectivity index (χ0n) is 35.4. The first kappa shape index (κ1) is 47.0. The van der Waals surface area contributed by atoms with Gasteiger partial charge in [-0.3, -0.25) is 4.18 Å². The molecule has 61 heavy (non-hydrogen) atoms. The van der Waals surface area contributed by atoms with Crippen LogP contribution in [-0.4, -0.2) is 76.9 Å². The van der Waals surface area contributed by atoms with Gasteiger partial charge in [0.15, 0.2) is 18.6 Å². The van der Waals surface area contributed by atoms with E-state index in [0.717, 1.165) is 11.6 Å². The number of aromatic nitrogens is 2. The third kappa shape index (κ3) is 11.6. The van der Waals surface area contributed by atoms with Gasteiger partial charge in [-0.05, 0) is 111 Å². The van der Waals surface area contributed by atoms with Crippen LogP contribution in [0.4, 0.5) is 0 Å². The Labute approximate surface area is 380 Å². The number of aryl methyl sites for hydroxylation is 1. The predicted molar refractivity (Wildman–Crippen MR) is 244 cm³/mol. The average molecular weight is 997 g/mol. The van der Waals surface area contributed by atoms with Crippen molar-refractivity contribution in [2.24, 2.45) is 0 Å². The summed E-state index contributed by atoms with van der Waals surface area (Å²) in [5, 5.41) is 0.866. The van der Waals surface area contributed by atoms with E-state index in [1.54, 1.807) is 51.1 Å². The van der Waals surface area contributed by atoms with E-state index in [9.17, 15) is 13.2 Å². The summed E-state index contributed by atoms with van der Waals surface area (Å²) in [6.07, 6.45) is -0.957. The van der Waals surface area contributed by atoms with Crippen LogP contribution in [0.2, 0.25) is 35.7 Å². The second kappa shape index (κ2) is 19.1. The molecular weight excluding hydrogens is 948 g/mol. The lowest BCUT2D eigenvalue weighted by Gasteiger charge is -2.25. The highest BCUT2D eigenvalue weighted by atomic mass is 79.9. The quantitative estimate of drug-likeness (QED) is 0.0409. The zero-order chi connectivity index (χ0) is 44.4. The Balaban J connectivity index is 1.49. The lowest BCUT2D eigenvalue weighted by Crippen LogP contribution is -2.37. The molecule has 0 amide bonds. The van der Waals surface area contributed by atoms with Crippen LogP contribution in [0.5, 0.6) is 23.1 Å². The third-order valence-electron chi connectivity index (χ3n) is 9.56. The molecule has 2 aliphatic heterocycles. The van der Waals surface area contributed by atoms with Gasteiger partial charge in [0, 0.05) is 32.2 Å². The number of hydrogen-bond donors (Lipinski definition) is 0. The van der Waals surface area contributed by atoms with Crippen LogP contribution >= 0.6 is 50.5 Å². The third-order valence-corrected chi connectivity index (χ3v) is 15.2. The maximum absolute atomic E-state index is 14.1. The van der Waals surface area contributed by atoms with Gasteiger partial charge in [-0.25, -0.2) is 14.8 Å². The van der Waals surface area contributed by atoms with Crippen molar-refractivity contribution in [3.8, 4) is 34.3 Å². The number of carbonyl (C=O) groups is 1. The number of thiophene rings is 1. The van der Waals surface area contributed by atoms with E-state index in [1.165, 1.54) is 29.8 Å². The van der Waals surface area contributed by atoms with Gasteiger partial charge in [0.05, 0.1) is 24.1 Å². The van der Waals surface area contributed by atoms with E-state index in [0.29, 0.717) is 59.9 Å². The van der Waals surface area contributed by atoms with E-state index in [1.807, 2.05) is 20.8 Å². The van der Waals surface area contributed by atoms with E-state index in [2.05, 4.69) is 45.5 Å². The van der Waals surface area contributed by atoms with Crippen LogP contribution in [0.25, 0.3) is 21.3 Å². The highest BCUT2D eigenvalue weighted by molar-refractivity contribution is 9.11. The van der Waals surface area contributed by atoms with Crippen LogP contribution in [-0.2, 0) is 35.0 Å². The Morgan fingerprint density at radius 2 is 1.67 bits per heavy atom. The Morgan fingerprint density at radius 1 is 0.984 bits per heavy atom. The summed E-state index contributed by atoms with van der Waals surface area (Å²) in [4.78, 5) is 23.8. The SMILES string of the molecule is Cc1ccc(S(=O)(=O)OC[C@@H]2COc3ccc(OCOCC[Si](C)(C)C)c(c3)C[C@H](C(=O)OC(C)(C)C)Oc3ncnc4sc(Br)c(c34)-c3c(C)c(Cl)c(c(Cl)c3C)O2)cc1. The molecule has 0 spiro atoms. The maximum Gasteiger partial charge on any atom is 0.348 e. The minimum absolute atomic E-state index is 0.0150. The fraction of sp³-hybridized carbons (Fsp3) is 0.419. The molecule has 0 unspecified atom stereocenters. The number of fused-ring (bicyclic) bond motifs is 7. The molecule has 4 bridgehead atoms. The molecule has 5 aromatic rings. The molecule has 4 heterocycles. The molecule has 2 aromatic heterocycles. The number of benzene rings is 3. The topological polar surface area (TPSA) is 142 Å². The Morgan fingerprint density at radius 3 is 2.33 bits per heavy atom. The van der Waals surface area contributed by atoms with E-state index in [4.69, 9.17) is 55.8 Å². The first-order chi connectivity index (χ1) is 28.6. The van der Waals surface area contributed by atoms with E-state index >= 15 is 0 Å². The molecule has 328 valence electrons. The molecule has 0 saturated heterocycles. The van der Waals surface area contributed by atoms with Crippen LogP contribution in [0.1, 0.15) is 43.0 Å². The summed E-state index contributed by atoms with van der Waals surface area (Å²) < 4.78 is 70.4. The molecule has 2 atom stereocenters. The largest absolute Gasteiger partial charge is 0.490 e. The minimum Gasteiger partial charge on any atom is -0.490 e. The summed E-state index contributed by atoms with van der Waals surface area (Å²) in [5.74, 6) is 0.371. The van der Waals surface area contributed by atoms with Gasteiger partial charge < -0.3 is 28.4 Å². The van der Waals surface area contributed by atoms with Crippen molar-refractivity contribution < 1.29 is 45.8 Å². The number of ether oxygens (including phenoxy) is 6. The van der Waals surface area contributed by atoms with Crippen molar-refractivity contribution in [2.45, 2.75) is 96.4 Å². The number of carbonyl (C=O) groups excluding carboxylic acids is 1. The van der Waals surface area contributed by atoms with Gasteiger partial charge in [0.1, 0.15) is 41.5 Å². The van der Waals surface area contributed by atoms with Crippen molar-refractivity contribution in [3.05, 3.63) is 84.9 Å². The average Bonchev–Trinajstić information content (AvgIpc) is 3.51. The molecule has 3 aromatic carbocycles. The summed E-state index contributed by atoms with van der Waals surface area (Å²) in [5.41, 5.74) is 3.05. The molecule has 0 N–H and O–H groups in total. The standard InChI is InChI=1S/C43H49BrCl2N2O10S2Si/c1-24-10-13-30(14-11-24)60(50,51)55-21-29-20-53-28-12-15-31(54-23-52-16-17-61(7,8)9)27(18-28)19-32(42(49)58-43(4,5)6)57-40-35-34(39(44)59-41(35)48-22-47-40)33-25(2)36(45)38(56-29)37(46)26(33)3/h10-15,18,22,29,32H,16-17,19-21,23H2,1-9H3/t29-,32+/m0/s1. The van der Waals surface area contributed by atoms with Gasteiger partial charge in [-0.1, -0.05) is 60.5 Å². The van der Waals surface area contributed by atoms with Crippen LogP contribution in [0.15, 0.2) is 57.5 Å². The van der Waals surface area contributed by atoms with Crippen LogP contribution in [0.3, 0.4) is 0 Å². The smallest absolute Gasteiger partial charge is 0.348 e. The summed E-state index contributed by atoms with van der Waals surface area (Å²) in [6.45, 7) is 17.5. The fourth-order valence-corrected chi connectivity index (χ4v) is 10.3. The number of nitrogens with zero attached hydrogens (tertiary/aromatic N) is 2. The summed E-state index contributed by atoms with van der Waals surface area (Å²) in [6, 6.07) is 12.4. The summed E-state index contributed by atoms with van der Waals surface area (Å²) in [7, 11) is -5.56. The van der Waals surface area contributed by atoms with Crippen molar-refractivity contribution in [1.82, 2.24) is 9.97 Å². The second-order valence-corrected chi connectivity index (χ2v) is 27.2. The van der Waals surface area contributed by atoms with Gasteiger partial charge in [-0.15, -0.1) is 11.3 Å². The first-order valence-corrected chi connectivity index (χ1v) is 27.0. The van der Waals surface area contributed by atoms with Crippen LogP contribution in [0, 0.1) is 20.8 Å². The highest BCUT2D eigenvalue weighted by Crippen LogP contribution is 2.52. The normalized spacial score (nSPS) is 16.1. The lowest BCUT2D eigenvalue weighted by atomic mass is 9.95. The minimum atomic E-state index is -4.21. The molecule has 0 saturated carbocycles. The molecule has 0 fully saturated rings. The van der Waals surface area contributed by atoms with Gasteiger partial charge in [-0.2, -0.15) is 8.42 Å². The van der Waals surface area contributed by atoms with Gasteiger partial charge in [0.2, 0.25) is 12.0 Å². The number of esters is 1. The molecule has 12 nitrogen and oxygen atoms in total. The molecule has 7 rings (SSSR count). The van der Waals surface area contributed by atoms with Crippen molar-refractivity contribution in [3.63, 3.8) is 0 Å². The highest BCUT2D eigenvalue weighted by Gasteiger charge is 2.33. The van der Waals surface area contributed by atoms with Crippen molar-refractivity contribution in [2.75, 3.05) is 26.6 Å². The molecular formula is C43H49BrCl2N2O10S2Si. The number of hydrogen-bond acceptors (Lipinski definition) is 13. The van der Waals surface area contributed by atoms with Gasteiger partial charge in [0.25, 0.3) is 10.1 Å².